The fraction of sp³-hybridized carbons (Fsp3) is 0.400. The highest BCUT2D eigenvalue weighted by molar-refractivity contribution is 7.08. The average Bonchev–Trinajstić information content (AvgIpc) is 3.26. The van der Waals surface area contributed by atoms with Crippen LogP contribution in [-0.4, -0.2) is 63.1 Å². The molecule has 1 aromatic carbocycles. The number of morpholine rings is 1. The van der Waals surface area contributed by atoms with Crippen molar-refractivity contribution in [1.82, 2.24) is 4.90 Å². The highest BCUT2D eigenvalue weighted by atomic mass is 32.1. The van der Waals surface area contributed by atoms with Crippen molar-refractivity contribution >= 4 is 29.2 Å². The Hall–Kier alpha value is -2.22. The molecule has 1 fully saturated rings. The van der Waals surface area contributed by atoms with Crippen molar-refractivity contribution in [3.8, 4) is 5.75 Å². The van der Waals surface area contributed by atoms with Gasteiger partial charge in [0.25, 0.3) is 0 Å². The first-order chi connectivity index (χ1) is 13.4. The van der Waals surface area contributed by atoms with Crippen LogP contribution in [0.3, 0.4) is 0 Å². The van der Waals surface area contributed by atoms with Gasteiger partial charge in [-0.3, -0.25) is 9.89 Å². The Balaban J connectivity index is 1.23. The topological polar surface area (TPSA) is 58.5 Å². The SMILES string of the molecule is C1=NC(Nc2ccc(OCCN3CCOCC3)cc2)=NCC1c1ccsc1. The molecule has 7 heteroatoms. The van der Waals surface area contributed by atoms with Crippen LogP contribution < -0.4 is 10.1 Å². The van der Waals surface area contributed by atoms with E-state index >= 15 is 0 Å². The number of rotatable bonds is 6. The third kappa shape index (κ3) is 5.15. The Bertz CT molecular complexity index is 768. The zero-order valence-corrected chi connectivity index (χ0v) is 16.0. The molecule has 1 unspecified atom stereocenters. The lowest BCUT2D eigenvalue weighted by atomic mass is 10.0. The lowest BCUT2D eigenvalue weighted by Crippen LogP contribution is -2.38. The predicted molar refractivity (Wildman–Crippen MR) is 111 cm³/mol. The van der Waals surface area contributed by atoms with Crippen LogP contribution in [0.15, 0.2) is 51.1 Å². The maximum atomic E-state index is 5.84. The zero-order chi connectivity index (χ0) is 18.3. The van der Waals surface area contributed by atoms with Crippen LogP contribution >= 0.6 is 11.3 Å². The van der Waals surface area contributed by atoms with Crippen LogP contribution in [0.4, 0.5) is 5.69 Å². The van der Waals surface area contributed by atoms with Gasteiger partial charge in [0.15, 0.2) is 0 Å². The van der Waals surface area contributed by atoms with E-state index in [1.807, 2.05) is 30.5 Å². The van der Waals surface area contributed by atoms with Crippen LogP contribution in [-0.2, 0) is 4.74 Å². The zero-order valence-electron chi connectivity index (χ0n) is 15.2. The van der Waals surface area contributed by atoms with Gasteiger partial charge in [-0.1, -0.05) is 0 Å². The molecule has 4 rings (SSSR count). The van der Waals surface area contributed by atoms with Crippen molar-refractivity contribution in [3.63, 3.8) is 0 Å². The van der Waals surface area contributed by atoms with Crippen LogP contribution in [0.2, 0.25) is 0 Å². The van der Waals surface area contributed by atoms with E-state index in [4.69, 9.17) is 9.47 Å². The van der Waals surface area contributed by atoms with E-state index in [1.54, 1.807) is 11.3 Å². The molecule has 0 radical (unpaired) electrons. The van der Waals surface area contributed by atoms with Crippen molar-refractivity contribution in [2.24, 2.45) is 9.98 Å². The van der Waals surface area contributed by atoms with E-state index in [-0.39, 0.29) is 5.92 Å². The maximum absolute atomic E-state index is 5.84. The fourth-order valence-corrected chi connectivity index (χ4v) is 3.79. The lowest BCUT2D eigenvalue weighted by molar-refractivity contribution is 0.0322. The summed E-state index contributed by atoms with van der Waals surface area (Å²) < 4.78 is 11.2. The summed E-state index contributed by atoms with van der Waals surface area (Å²) in [5.74, 6) is 1.81. The Kier molecular flexibility index (Phi) is 6.13. The van der Waals surface area contributed by atoms with Crippen LogP contribution in [0.1, 0.15) is 11.5 Å². The van der Waals surface area contributed by atoms with Crippen LogP contribution in [0.5, 0.6) is 5.75 Å². The highest BCUT2D eigenvalue weighted by Gasteiger charge is 2.14. The lowest BCUT2D eigenvalue weighted by Gasteiger charge is -2.26. The van der Waals surface area contributed by atoms with Crippen molar-refractivity contribution in [1.29, 1.82) is 0 Å². The Morgan fingerprint density at radius 2 is 2.04 bits per heavy atom. The molecule has 0 amide bonds. The average molecular weight is 385 g/mol. The van der Waals surface area contributed by atoms with E-state index in [2.05, 4.69) is 37.0 Å². The van der Waals surface area contributed by atoms with Crippen molar-refractivity contribution in [2.45, 2.75) is 5.92 Å². The first-order valence-corrected chi connectivity index (χ1v) is 10.2. The quantitative estimate of drug-likeness (QED) is 0.831. The molecule has 1 N–H and O–H groups in total. The first kappa shape index (κ1) is 18.2. The number of hydrogen-bond acceptors (Lipinski definition) is 7. The minimum Gasteiger partial charge on any atom is -0.492 e. The molecular formula is C20H24N4O2S. The number of nitrogens with one attached hydrogen (secondary N) is 1. The van der Waals surface area contributed by atoms with E-state index in [0.29, 0.717) is 12.6 Å². The molecule has 1 aromatic heterocycles. The second-order valence-electron chi connectivity index (χ2n) is 6.56. The van der Waals surface area contributed by atoms with Gasteiger partial charge in [0.05, 0.1) is 19.8 Å². The molecule has 6 nitrogen and oxygen atoms in total. The van der Waals surface area contributed by atoms with E-state index in [9.17, 15) is 0 Å². The smallest absolute Gasteiger partial charge is 0.222 e. The monoisotopic (exact) mass is 384 g/mol. The van der Waals surface area contributed by atoms with Gasteiger partial charge in [-0.05, 0) is 46.7 Å². The molecule has 0 saturated carbocycles. The number of ether oxygens (including phenoxy) is 2. The summed E-state index contributed by atoms with van der Waals surface area (Å²) in [6, 6.07) is 10.1. The Morgan fingerprint density at radius 3 is 2.74 bits per heavy atom. The molecule has 0 bridgehead atoms. The Labute approximate surface area is 163 Å². The van der Waals surface area contributed by atoms with E-state index < -0.39 is 0 Å². The number of benzene rings is 1. The minimum absolute atomic E-state index is 0.282. The molecule has 3 heterocycles. The van der Waals surface area contributed by atoms with Gasteiger partial charge < -0.3 is 14.8 Å². The molecule has 27 heavy (non-hydrogen) atoms. The molecule has 1 atom stereocenters. The number of thiophene rings is 1. The van der Waals surface area contributed by atoms with Gasteiger partial charge in [-0.25, -0.2) is 4.99 Å². The maximum Gasteiger partial charge on any atom is 0.222 e. The predicted octanol–water partition coefficient (Wildman–Crippen LogP) is 3.10. The molecular weight excluding hydrogens is 360 g/mol. The van der Waals surface area contributed by atoms with E-state index in [0.717, 1.165) is 50.8 Å². The largest absolute Gasteiger partial charge is 0.492 e. The summed E-state index contributed by atoms with van der Waals surface area (Å²) in [5, 5.41) is 7.50. The highest BCUT2D eigenvalue weighted by Crippen LogP contribution is 2.21. The number of aliphatic imine (C=N–C) groups is 2. The molecule has 0 spiro atoms. The molecule has 0 aliphatic carbocycles. The van der Waals surface area contributed by atoms with Gasteiger partial charge in [-0.15, -0.1) is 0 Å². The van der Waals surface area contributed by atoms with Gasteiger partial charge in [-0.2, -0.15) is 11.3 Å². The molecule has 142 valence electrons. The van der Waals surface area contributed by atoms with Gasteiger partial charge in [0, 0.05) is 37.5 Å². The fourth-order valence-electron chi connectivity index (χ4n) is 3.06. The van der Waals surface area contributed by atoms with Crippen LogP contribution in [0.25, 0.3) is 0 Å². The van der Waals surface area contributed by atoms with Crippen molar-refractivity contribution in [2.75, 3.05) is 51.3 Å². The summed E-state index contributed by atoms with van der Waals surface area (Å²) in [4.78, 5) is 11.4. The molecule has 2 aliphatic heterocycles. The standard InChI is InChI=1S/C20H24N4O2S/c1-3-19(26-11-8-24-6-9-25-10-7-24)4-2-18(1)23-20-21-13-17(14-22-20)16-5-12-27-15-16/h1-5,12-13,15,17H,6-11,14H2,(H,22,23). The van der Waals surface area contributed by atoms with Crippen molar-refractivity contribution in [3.05, 3.63) is 46.7 Å². The molecule has 1 saturated heterocycles. The summed E-state index contributed by atoms with van der Waals surface area (Å²) >= 11 is 1.71. The molecule has 2 aromatic rings. The number of hydrogen-bond donors (Lipinski definition) is 1. The summed E-state index contributed by atoms with van der Waals surface area (Å²) in [6.07, 6.45) is 1.97. The second-order valence-corrected chi connectivity index (χ2v) is 7.34. The van der Waals surface area contributed by atoms with Gasteiger partial charge >= 0.3 is 0 Å². The second kappa shape index (κ2) is 9.12. The number of guanidine groups is 1. The summed E-state index contributed by atoms with van der Waals surface area (Å²) in [6.45, 7) is 5.96. The first-order valence-electron chi connectivity index (χ1n) is 9.27. The van der Waals surface area contributed by atoms with Gasteiger partial charge in [0.1, 0.15) is 12.4 Å². The normalized spacial score (nSPS) is 20.3. The number of anilines is 1. The Morgan fingerprint density at radius 1 is 1.19 bits per heavy atom. The number of nitrogens with zero attached hydrogens (tertiary/aromatic N) is 3. The minimum atomic E-state index is 0.282. The van der Waals surface area contributed by atoms with Crippen molar-refractivity contribution < 1.29 is 9.47 Å². The van der Waals surface area contributed by atoms with Gasteiger partial charge in [0.2, 0.25) is 5.96 Å². The third-order valence-electron chi connectivity index (χ3n) is 4.68. The van der Waals surface area contributed by atoms with Crippen LogP contribution in [0, 0.1) is 0 Å². The summed E-state index contributed by atoms with van der Waals surface area (Å²) in [7, 11) is 0. The van der Waals surface area contributed by atoms with E-state index in [1.165, 1.54) is 5.56 Å². The third-order valence-corrected chi connectivity index (χ3v) is 5.38. The molecule has 2 aliphatic rings. The summed E-state index contributed by atoms with van der Waals surface area (Å²) in [5.41, 5.74) is 2.24.